The molecule has 1 atom stereocenters. The lowest BCUT2D eigenvalue weighted by Gasteiger charge is -2.07. The van der Waals surface area contributed by atoms with Crippen LogP contribution in [0.4, 0.5) is 0 Å². The van der Waals surface area contributed by atoms with Crippen molar-refractivity contribution in [2.24, 2.45) is 0 Å². The van der Waals surface area contributed by atoms with Crippen molar-refractivity contribution in [3.05, 3.63) is 51.4 Å². The van der Waals surface area contributed by atoms with Crippen LogP contribution in [-0.2, 0) is 0 Å². The summed E-state index contributed by atoms with van der Waals surface area (Å²) in [6.45, 7) is 1.86. The molecule has 0 saturated heterocycles. The first-order chi connectivity index (χ1) is 7.68. The maximum absolute atomic E-state index is 12.1. The minimum absolute atomic E-state index is 0.0654. The van der Waals surface area contributed by atoms with Gasteiger partial charge in [0, 0.05) is 6.20 Å². The number of nitrogens with zero attached hydrogens (tertiary/aromatic N) is 1. The number of ketones is 1. The molecular formula is C12H10ClNOS. The van der Waals surface area contributed by atoms with Gasteiger partial charge in [0.05, 0.1) is 20.8 Å². The van der Waals surface area contributed by atoms with Crippen LogP contribution in [0.5, 0.6) is 0 Å². The number of pyridine rings is 1. The van der Waals surface area contributed by atoms with E-state index in [-0.39, 0.29) is 11.7 Å². The van der Waals surface area contributed by atoms with Gasteiger partial charge in [-0.3, -0.25) is 9.78 Å². The van der Waals surface area contributed by atoms with E-state index < -0.39 is 0 Å². The van der Waals surface area contributed by atoms with Crippen molar-refractivity contribution in [2.75, 3.05) is 0 Å². The standard InChI is InChI=1S/C12H10ClNOS/c1-8(9-4-2-3-7-14-9)12(15)10-5-6-11(13)16-10/h2-8H,1H3. The molecule has 0 aliphatic carbocycles. The zero-order chi connectivity index (χ0) is 11.5. The first-order valence-electron chi connectivity index (χ1n) is 4.89. The summed E-state index contributed by atoms with van der Waals surface area (Å²) in [7, 11) is 0. The van der Waals surface area contributed by atoms with E-state index in [2.05, 4.69) is 4.98 Å². The number of halogens is 1. The Morgan fingerprint density at radius 1 is 1.38 bits per heavy atom. The molecule has 2 aromatic heterocycles. The number of aromatic nitrogens is 1. The van der Waals surface area contributed by atoms with E-state index in [9.17, 15) is 4.79 Å². The molecule has 2 nitrogen and oxygen atoms in total. The van der Waals surface area contributed by atoms with Crippen molar-refractivity contribution in [3.8, 4) is 0 Å². The fourth-order valence-electron chi connectivity index (χ4n) is 1.43. The average molecular weight is 252 g/mol. The quantitative estimate of drug-likeness (QED) is 0.777. The Morgan fingerprint density at radius 2 is 2.19 bits per heavy atom. The van der Waals surface area contributed by atoms with Crippen molar-refractivity contribution in [1.82, 2.24) is 4.98 Å². The van der Waals surface area contributed by atoms with Crippen LogP contribution >= 0.6 is 22.9 Å². The summed E-state index contributed by atoms with van der Waals surface area (Å²) in [6, 6.07) is 9.08. The van der Waals surface area contributed by atoms with E-state index in [1.165, 1.54) is 11.3 Å². The molecule has 0 amide bonds. The van der Waals surface area contributed by atoms with Crippen molar-refractivity contribution in [1.29, 1.82) is 0 Å². The number of carbonyl (C=O) groups is 1. The Balaban J connectivity index is 2.23. The summed E-state index contributed by atoms with van der Waals surface area (Å²) in [5.74, 6) is -0.161. The summed E-state index contributed by atoms with van der Waals surface area (Å²) in [6.07, 6.45) is 1.69. The van der Waals surface area contributed by atoms with Crippen LogP contribution in [0, 0.1) is 0 Å². The molecular weight excluding hydrogens is 242 g/mol. The number of Topliss-reactive ketones (excluding diaryl/α,β-unsaturated/α-hetero) is 1. The number of thiophene rings is 1. The number of rotatable bonds is 3. The third kappa shape index (κ3) is 2.31. The van der Waals surface area contributed by atoms with E-state index in [4.69, 9.17) is 11.6 Å². The first-order valence-corrected chi connectivity index (χ1v) is 6.08. The molecule has 16 heavy (non-hydrogen) atoms. The van der Waals surface area contributed by atoms with Gasteiger partial charge in [-0.25, -0.2) is 0 Å². The van der Waals surface area contributed by atoms with Crippen molar-refractivity contribution < 1.29 is 4.79 Å². The third-order valence-corrected chi connectivity index (χ3v) is 3.59. The number of hydrogen-bond donors (Lipinski definition) is 0. The summed E-state index contributed by atoms with van der Waals surface area (Å²) in [4.78, 5) is 16.9. The molecule has 0 spiro atoms. The van der Waals surface area contributed by atoms with Crippen LogP contribution in [-0.4, -0.2) is 10.8 Å². The van der Waals surface area contributed by atoms with Gasteiger partial charge in [-0.2, -0.15) is 0 Å². The molecule has 0 fully saturated rings. The van der Waals surface area contributed by atoms with Gasteiger partial charge in [0.15, 0.2) is 5.78 Å². The lowest BCUT2D eigenvalue weighted by atomic mass is 10.0. The molecule has 0 saturated carbocycles. The fraction of sp³-hybridized carbons (Fsp3) is 0.167. The smallest absolute Gasteiger partial charge is 0.181 e. The molecule has 0 aliphatic heterocycles. The van der Waals surface area contributed by atoms with Gasteiger partial charge in [0.1, 0.15) is 0 Å². The highest BCUT2D eigenvalue weighted by molar-refractivity contribution is 7.18. The molecule has 0 radical (unpaired) electrons. The Labute approximate surface area is 103 Å². The Kier molecular flexibility index (Phi) is 3.36. The van der Waals surface area contributed by atoms with Gasteiger partial charge in [-0.1, -0.05) is 17.7 Å². The van der Waals surface area contributed by atoms with Gasteiger partial charge in [0.25, 0.3) is 0 Å². The van der Waals surface area contributed by atoms with Crippen LogP contribution in [0.25, 0.3) is 0 Å². The summed E-state index contributed by atoms with van der Waals surface area (Å²) in [5.41, 5.74) is 0.789. The van der Waals surface area contributed by atoms with Crippen LogP contribution in [0.2, 0.25) is 4.34 Å². The molecule has 0 aromatic carbocycles. The third-order valence-electron chi connectivity index (χ3n) is 2.34. The fourth-order valence-corrected chi connectivity index (χ4v) is 2.50. The SMILES string of the molecule is CC(C(=O)c1ccc(Cl)s1)c1ccccn1. The molecule has 2 heterocycles. The van der Waals surface area contributed by atoms with Gasteiger partial charge in [0.2, 0.25) is 0 Å². The zero-order valence-electron chi connectivity index (χ0n) is 8.68. The van der Waals surface area contributed by atoms with E-state index in [1.54, 1.807) is 18.3 Å². The van der Waals surface area contributed by atoms with Gasteiger partial charge < -0.3 is 0 Å². The zero-order valence-corrected chi connectivity index (χ0v) is 10.3. The Hall–Kier alpha value is -1.19. The summed E-state index contributed by atoms with van der Waals surface area (Å²) >= 11 is 7.11. The normalized spacial score (nSPS) is 12.4. The summed E-state index contributed by atoms with van der Waals surface area (Å²) < 4.78 is 0.636. The maximum Gasteiger partial charge on any atom is 0.181 e. The summed E-state index contributed by atoms with van der Waals surface area (Å²) in [5, 5.41) is 0. The average Bonchev–Trinajstić information content (AvgIpc) is 2.75. The monoisotopic (exact) mass is 251 g/mol. The van der Waals surface area contributed by atoms with Crippen LogP contribution < -0.4 is 0 Å². The second-order valence-corrected chi connectivity index (χ2v) is 5.16. The molecule has 0 N–H and O–H groups in total. The van der Waals surface area contributed by atoms with E-state index >= 15 is 0 Å². The van der Waals surface area contributed by atoms with Crippen molar-refractivity contribution >= 4 is 28.7 Å². The largest absolute Gasteiger partial charge is 0.293 e. The highest BCUT2D eigenvalue weighted by atomic mass is 35.5. The molecule has 0 bridgehead atoms. The topological polar surface area (TPSA) is 30.0 Å². The Bertz CT molecular complexity index is 495. The minimum Gasteiger partial charge on any atom is -0.293 e. The highest BCUT2D eigenvalue weighted by Gasteiger charge is 2.19. The van der Waals surface area contributed by atoms with Crippen LogP contribution in [0.1, 0.15) is 28.2 Å². The molecule has 82 valence electrons. The predicted octanol–water partition coefficient (Wildman–Crippen LogP) is 3.78. The molecule has 2 aromatic rings. The lowest BCUT2D eigenvalue weighted by molar-refractivity contribution is 0.0968. The second kappa shape index (κ2) is 4.76. The molecule has 0 aliphatic rings. The van der Waals surface area contributed by atoms with Gasteiger partial charge in [-0.15, -0.1) is 11.3 Å². The van der Waals surface area contributed by atoms with Crippen LogP contribution in [0.3, 0.4) is 0 Å². The molecule has 1 unspecified atom stereocenters. The van der Waals surface area contributed by atoms with Gasteiger partial charge in [-0.05, 0) is 31.2 Å². The lowest BCUT2D eigenvalue weighted by Crippen LogP contribution is -2.09. The molecule has 4 heteroatoms. The van der Waals surface area contributed by atoms with Crippen molar-refractivity contribution in [2.45, 2.75) is 12.8 Å². The van der Waals surface area contributed by atoms with E-state index in [0.29, 0.717) is 9.21 Å². The Morgan fingerprint density at radius 3 is 2.75 bits per heavy atom. The first kappa shape index (κ1) is 11.3. The van der Waals surface area contributed by atoms with E-state index in [0.717, 1.165) is 5.69 Å². The maximum atomic E-state index is 12.1. The number of hydrogen-bond acceptors (Lipinski definition) is 3. The van der Waals surface area contributed by atoms with Gasteiger partial charge >= 0.3 is 0 Å². The highest BCUT2D eigenvalue weighted by Crippen LogP contribution is 2.26. The van der Waals surface area contributed by atoms with Crippen molar-refractivity contribution in [3.63, 3.8) is 0 Å². The molecule has 2 rings (SSSR count). The van der Waals surface area contributed by atoms with E-state index in [1.807, 2.05) is 25.1 Å². The minimum atomic E-state index is -0.226. The predicted molar refractivity (Wildman–Crippen MR) is 66.3 cm³/mol. The van der Waals surface area contributed by atoms with Crippen LogP contribution in [0.15, 0.2) is 36.5 Å². The number of carbonyl (C=O) groups excluding carboxylic acids is 1. The second-order valence-electron chi connectivity index (χ2n) is 3.44.